The quantitative estimate of drug-likeness (QED) is 0.784. The molecule has 16 heavy (non-hydrogen) atoms. The normalized spacial score (nSPS) is 29.6. The van der Waals surface area contributed by atoms with Gasteiger partial charge >= 0.3 is 0 Å². The molecule has 0 radical (unpaired) electrons. The highest BCUT2D eigenvalue weighted by molar-refractivity contribution is 4.82. The van der Waals surface area contributed by atoms with E-state index in [0.29, 0.717) is 6.04 Å². The fourth-order valence-electron chi connectivity index (χ4n) is 2.61. The fourth-order valence-corrected chi connectivity index (χ4v) is 2.61. The number of hydrogen-bond donors (Lipinski definition) is 1. The second-order valence-electron chi connectivity index (χ2n) is 5.89. The summed E-state index contributed by atoms with van der Waals surface area (Å²) in [5.74, 6) is 1.54. The number of hydrogen-bond acceptors (Lipinski definition) is 3. The first-order valence-corrected chi connectivity index (χ1v) is 6.65. The first kappa shape index (κ1) is 13.9. The van der Waals surface area contributed by atoms with Crippen LogP contribution in [0.5, 0.6) is 0 Å². The van der Waals surface area contributed by atoms with E-state index < -0.39 is 0 Å². The molecule has 3 nitrogen and oxygen atoms in total. The van der Waals surface area contributed by atoms with Crippen molar-refractivity contribution in [2.75, 3.05) is 39.8 Å². The summed E-state index contributed by atoms with van der Waals surface area (Å²) in [5, 5.41) is 0. The molecule has 1 aliphatic rings. The van der Waals surface area contributed by atoms with Gasteiger partial charge < -0.3 is 10.6 Å². The van der Waals surface area contributed by atoms with Gasteiger partial charge in [0.05, 0.1) is 0 Å². The maximum Gasteiger partial charge on any atom is 0.0345 e. The zero-order valence-corrected chi connectivity index (χ0v) is 11.4. The van der Waals surface area contributed by atoms with Crippen molar-refractivity contribution in [3.05, 3.63) is 0 Å². The molecule has 1 saturated heterocycles. The summed E-state index contributed by atoms with van der Waals surface area (Å²) in [6, 6.07) is 0.550. The minimum Gasteiger partial charge on any atom is -0.329 e. The lowest BCUT2D eigenvalue weighted by atomic mass is 10.1. The lowest BCUT2D eigenvalue weighted by Crippen LogP contribution is -2.45. The summed E-state index contributed by atoms with van der Waals surface area (Å²) in [6.45, 7) is 12.5. The molecule has 0 saturated carbocycles. The van der Waals surface area contributed by atoms with Gasteiger partial charge in [-0.05, 0) is 31.8 Å². The largest absolute Gasteiger partial charge is 0.329 e. The Labute approximate surface area is 101 Å². The Balaban J connectivity index is 2.54. The molecule has 0 aromatic carbocycles. The Kier molecular flexibility index (Phi) is 5.73. The van der Waals surface area contributed by atoms with Crippen LogP contribution in [0.3, 0.4) is 0 Å². The highest BCUT2D eigenvalue weighted by Crippen LogP contribution is 2.14. The van der Waals surface area contributed by atoms with Crippen molar-refractivity contribution < 1.29 is 0 Å². The average Bonchev–Trinajstić information content (AvgIpc) is 2.33. The molecule has 96 valence electrons. The van der Waals surface area contributed by atoms with Gasteiger partial charge in [-0.1, -0.05) is 20.8 Å². The molecule has 1 aliphatic heterocycles. The van der Waals surface area contributed by atoms with Crippen molar-refractivity contribution in [1.29, 1.82) is 0 Å². The Bertz CT molecular complexity index is 194. The van der Waals surface area contributed by atoms with E-state index >= 15 is 0 Å². The summed E-state index contributed by atoms with van der Waals surface area (Å²) in [5.41, 5.74) is 5.91. The molecule has 0 bridgehead atoms. The monoisotopic (exact) mass is 227 g/mol. The Morgan fingerprint density at radius 3 is 2.50 bits per heavy atom. The summed E-state index contributed by atoms with van der Waals surface area (Å²) >= 11 is 0. The van der Waals surface area contributed by atoms with Crippen molar-refractivity contribution in [1.82, 2.24) is 9.80 Å². The maximum atomic E-state index is 5.91. The van der Waals surface area contributed by atoms with Crippen LogP contribution in [0.4, 0.5) is 0 Å². The second kappa shape index (κ2) is 6.58. The number of nitrogens with two attached hydrogens (primary N) is 1. The topological polar surface area (TPSA) is 32.5 Å². The third-order valence-electron chi connectivity index (χ3n) is 3.47. The molecule has 0 aliphatic carbocycles. The van der Waals surface area contributed by atoms with E-state index in [4.69, 9.17) is 5.73 Å². The van der Waals surface area contributed by atoms with Gasteiger partial charge in [0.1, 0.15) is 0 Å². The first-order valence-electron chi connectivity index (χ1n) is 6.65. The number of nitrogens with zero attached hydrogens (tertiary/aromatic N) is 2. The molecular formula is C13H29N3. The van der Waals surface area contributed by atoms with Crippen LogP contribution in [0.25, 0.3) is 0 Å². The molecule has 3 heteroatoms. The van der Waals surface area contributed by atoms with Crippen molar-refractivity contribution in [3.63, 3.8) is 0 Å². The molecule has 0 aromatic rings. The zero-order chi connectivity index (χ0) is 12.1. The van der Waals surface area contributed by atoms with Crippen LogP contribution in [-0.2, 0) is 0 Å². The first-order chi connectivity index (χ1) is 7.52. The van der Waals surface area contributed by atoms with Gasteiger partial charge in [-0.15, -0.1) is 0 Å². The highest BCUT2D eigenvalue weighted by Gasteiger charge is 2.25. The van der Waals surface area contributed by atoms with Crippen molar-refractivity contribution in [2.45, 2.75) is 33.2 Å². The van der Waals surface area contributed by atoms with Crippen LogP contribution in [0.1, 0.15) is 27.2 Å². The van der Waals surface area contributed by atoms with Gasteiger partial charge in [0, 0.05) is 32.2 Å². The summed E-state index contributed by atoms with van der Waals surface area (Å²) in [4.78, 5) is 5.03. The molecule has 1 fully saturated rings. The minimum atomic E-state index is 0.550. The number of rotatable bonds is 4. The van der Waals surface area contributed by atoms with E-state index in [1.807, 2.05) is 0 Å². The van der Waals surface area contributed by atoms with Gasteiger partial charge in [-0.3, -0.25) is 4.90 Å². The molecule has 2 N–H and O–H groups in total. The van der Waals surface area contributed by atoms with Crippen LogP contribution in [0.2, 0.25) is 0 Å². The van der Waals surface area contributed by atoms with E-state index in [-0.39, 0.29) is 0 Å². The molecule has 0 aromatic heterocycles. The lowest BCUT2D eigenvalue weighted by molar-refractivity contribution is 0.178. The smallest absolute Gasteiger partial charge is 0.0345 e. The highest BCUT2D eigenvalue weighted by atomic mass is 15.2. The molecule has 1 rings (SSSR count). The molecule has 2 unspecified atom stereocenters. The molecule has 0 spiro atoms. The predicted octanol–water partition coefficient (Wildman–Crippen LogP) is 1.24. The molecular weight excluding hydrogens is 198 g/mol. The molecule has 1 heterocycles. The van der Waals surface area contributed by atoms with Crippen LogP contribution in [0, 0.1) is 11.8 Å². The average molecular weight is 227 g/mol. The van der Waals surface area contributed by atoms with Gasteiger partial charge in [0.25, 0.3) is 0 Å². The Hall–Kier alpha value is -0.120. The summed E-state index contributed by atoms with van der Waals surface area (Å²) in [6.07, 6.45) is 1.28. The van der Waals surface area contributed by atoms with E-state index in [1.54, 1.807) is 0 Å². The zero-order valence-electron chi connectivity index (χ0n) is 11.4. The van der Waals surface area contributed by atoms with E-state index in [1.165, 1.54) is 26.1 Å². The van der Waals surface area contributed by atoms with Crippen molar-refractivity contribution in [2.24, 2.45) is 17.6 Å². The second-order valence-corrected chi connectivity index (χ2v) is 5.89. The standard InChI is InChI=1S/C13H29N3/c1-11(2)5-6-16-9-12(3)8-15(4)10-13(16)7-14/h11-13H,5-10,14H2,1-4H3. The van der Waals surface area contributed by atoms with Crippen LogP contribution < -0.4 is 5.73 Å². The van der Waals surface area contributed by atoms with Crippen LogP contribution in [0.15, 0.2) is 0 Å². The van der Waals surface area contributed by atoms with Gasteiger partial charge in [0.15, 0.2) is 0 Å². The van der Waals surface area contributed by atoms with E-state index in [2.05, 4.69) is 37.6 Å². The van der Waals surface area contributed by atoms with Gasteiger partial charge in [-0.2, -0.15) is 0 Å². The van der Waals surface area contributed by atoms with Gasteiger partial charge in [-0.25, -0.2) is 0 Å². The van der Waals surface area contributed by atoms with E-state index in [9.17, 15) is 0 Å². The summed E-state index contributed by atoms with van der Waals surface area (Å²) in [7, 11) is 2.21. The lowest BCUT2D eigenvalue weighted by Gasteiger charge is -2.30. The van der Waals surface area contributed by atoms with Crippen LogP contribution >= 0.6 is 0 Å². The molecule has 2 atom stereocenters. The SMILES string of the molecule is CC(C)CCN1CC(C)CN(C)CC1CN. The Morgan fingerprint density at radius 2 is 1.94 bits per heavy atom. The van der Waals surface area contributed by atoms with Crippen molar-refractivity contribution in [3.8, 4) is 0 Å². The van der Waals surface area contributed by atoms with Gasteiger partial charge in [0.2, 0.25) is 0 Å². The van der Waals surface area contributed by atoms with Crippen molar-refractivity contribution >= 4 is 0 Å². The number of likely N-dealkylation sites (N-methyl/N-ethyl adjacent to an activating group) is 1. The third kappa shape index (κ3) is 4.40. The van der Waals surface area contributed by atoms with E-state index in [0.717, 1.165) is 24.9 Å². The third-order valence-corrected chi connectivity index (χ3v) is 3.47. The minimum absolute atomic E-state index is 0.550. The maximum absolute atomic E-state index is 5.91. The predicted molar refractivity (Wildman–Crippen MR) is 70.5 cm³/mol. The fraction of sp³-hybridized carbons (Fsp3) is 1.00. The Morgan fingerprint density at radius 1 is 1.25 bits per heavy atom. The van der Waals surface area contributed by atoms with Crippen LogP contribution in [-0.4, -0.2) is 55.6 Å². The summed E-state index contributed by atoms with van der Waals surface area (Å²) < 4.78 is 0. The molecule has 0 amide bonds.